The van der Waals surface area contributed by atoms with Crippen molar-refractivity contribution in [1.29, 1.82) is 0 Å². The molecule has 0 saturated carbocycles. The summed E-state index contributed by atoms with van der Waals surface area (Å²) in [7, 11) is 0. The van der Waals surface area contributed by atoms with Crippen LogP contribution in [-0.2, 0) is 6.42 Å². The first-order valence-electron chi connectivity index (χ1n) is 6.68. The molecule has 3 nitrogen and oxygen atoms in total. The molecule has 98 valence electrons. The maximum atomic E-state index is 12.4. The van der Waals surface area contributed by atoms with Gasteiger partial charge in [0.05, 0.1) is 12.6 Å². The van der Waals surface area contributed by atoms with Gasteiger partial charge in [-0.15, -0.1) is 0 Å². The number of aliphatic hydroxyl groups is 1. The monoisotopic (exact) mass is 247 g/mol. The lowest BCUT2D eigenvalue weighted by atomic mass is 10.0. The second-order valence-electron chi connectivity index (χ2n) is 5.06. The Morgan fingerprint density at radius 1 is 1.39 bits per heavy atom. The Morgan fingerprint density at radius 3 is 2.61 bits per heavy atom. The summed E-state index contributed by atoms with van der Waals surface area (Å²) >= 11 is 0. The van der Waals surface area contributed by atoms with Gasteiger partial charge in [0.2, 0.25) is 0 Å². The standard InChI is InChI=1S/C15H21NO2/c1-3-12-4-6-13(7-5-12)15(18)16-9-8-11(2)14(16)10-17/h4-7,11,14,17H,3,8-10H2,1-2H3. The molecule has 1 aromatic carbocycles. The fourth-order valence-corrected chi connectivity index (χ4v) is 2.59. The molecule has 0 aliphatic carbocycles. The van der Waals surface area contributed by atoms with E-state index in [1.807, 2.05) is 29.2 Å². The molecular weight excluding hydrogens is 226 g/mol. The molecule has 0 bridgehead atoms. The highest BCUT2D eigenvalue weighted by molar-refractivity contribution is 5.94. The van der Waals surface area contributed by atoms with Gasteiger partial charge in [-0.25, -0.2) is 0 Å². The van der Waals surface area contributed by atoms with E-state index in [-0.39, 0.29) is 18.6 Å². The Hall–Kier alpha value is -1.35. The maximum absolute atomic E-state index is 12.4. The molecule has 1 aromatic rings. The topological polar surface area (TPSA) is 40.5 Å². The van der Waals surface area contributed by atoms with Gasteiger partial charge < -0.3 is 10.0 Å². The van der Waals surface area contributed by atoms with Crippen LogP contribution in [0.4, 0.5) is 0 Å². The summed E-state index contributed by atoms with van der Waals surface area (Å²) < 4.78 is 0. The molecule has 1 saturated heterocycles. The van der Waals surface area contributed by atoms with Crippen molar-refractivity contribution in [2.75, 3.05) is 13.2 Å². The third-order valence-electron chi connectivity index (χ3n) is 3.94. The highest BCUT2D eigenvalue weighted by atomic mass is 16.3. The van der Waals surface area contributed by atoms with Crippen LogP contribution in [0.2, 0.25) is 0 Å². The van der Waals surface area contributed by atoms with E-state index in [4.69, 9.17) is 0 Å². The smallest absolute Gasteiger partial charge is 0.254 e. The average Bonchev–Trinajstić information content (AvgIpc) is 2.79. The van der Waals surface area contributed by atoms with E-state index in [0.29, 0.717) is 5.92 Å². The van der Waals surface area contributed by atoms with E-state index >= 15 is 0 Å². The number of hydrogen-bond acceptors (Lipinski definition) is 2. The fourth-order valence-electron chi connectivity index (χ4n) is 2.59. The van der Waals surface area contributed by atoms with Gasteiger partial charge in [-0.05, 0) is 36.5 Å². The van der Waals surface area contributed by atoms with Gasteiger partial charge in [0.15, 0.2) is 0 Å². The lowest BCUT2D eigenvalue weighted by molar-refractivity contribution is 0.0648. The van der Waals surface area contributed by atoms with Crippen molar-refractivity contribution < 1.29 is 9.90 Å². The molecule has 0 radical (unpaired) electrons. The second kappa shape index (κ2) is 5.53. The van der Waals surface area contributed by atoms with Crippen molar-refractivity contribution in [3.63, 3.8) is 0 Å². The fraction of sp³-hybridized carbons (Fsp3) is 0.533. The zero-order chi connectivity index (χ0) is 13.1. The quantitative estimate of drug-likeness (QED) is 0.888. The molecule has 2 atom stereocenters. The van der Waals surface area contributed by atoms with E-state index in [1.165, 1.54) is 5.56 Å². The summed E-state index contributed by atoms with van der Waals surface area (Å²) in [5, 5.41) is 9.39. The molecular formula is C15H21NO2. The molecule has 3 heteroatoms. The number of carbonyl (C=O) groups excluding carboxylic acids is 1. The Kier molecular flexibility index (Phi) is 4.02. The van der Waals surface area contributed by atoms with Crippen molar-refractivity contribution in [3.05, 3.63) is 35.4 Å². The van der Waals surface area contributed by atoms with E-state index in [1.54, 1.807) is 0 Å². The van der Waals surface area contributed by atoms with Crippen LogP contribution in [0.1, 0.15) is 36.2 Å². The van der Waals surface area contributed by atoms with Crippen LogP contribution in [0.15, 0.2) is 24.3 Å². The molecule has 1 aliphatic rings. The number of carbonyl (C=O) groups is 1. The Balaban J connectivity index is 2.15. The van der Waals surface area contributed by atoms with Gasteiger partial charge in [-0.2, -0.15) is 0 Å². The molecule has 1 amide bonds. The minimum atomic E-state index is -0.0247. The summed E-state index contributed by atoms with van der Waals surface area (Å²) in [6, 6.07) is 7.75. The van der Waals surface area contributed by atoms with Crippen molar-refractivity contribution in [2.45, 2.75) is 32.7 Å². The lowest BCUT2D eigenvalue weighted by Crippen LogP contribution is -2.39. The van der Waals surface area contributed by atoms with Gasteiger partial charge in [0, 0.05) is 12.1 Å². The van der Waals surface area contributed by atoms with Crippen LogP contribution < -0.4 is 0 Å². The van der Waals surface area contributed by atoms with Gasteiger partial charge in [0.1, 0.15) is 0 Å². The first kappa shape index (κ1) is 13.1. The molecule has 18 heavy (non-hydrogen) atoms. The number of aliphatic hydroxyl groups excluding tert-OH is 1. The highest BCUT2D eigenvalue weighted by Crippen LogP contribution is 2.25. The summed E-state index contributed by atoms with van der Waals surface area (Å²) in [4.78, 5) is 14.2. The predicted octanol–water partition coefficient (Wildman–Crippen LogP) is 2.09. The van der Waals surface area contributed by atoms with E-state index in [0.717, 1.165) is 24.9 Å². The Labute approximate surface area is 108 Å². The SMILES string of the molecule is CCc1ccc(C(=O)N2CCC(C)C2CO)cc1. The summed E-state index contributed by atoms with van der Waals surface area (Å²) in [5.74, 6) is 0.426. The van der Waals surface area contributed by atoms with Crippen LogP contribution >= 0.6 is 0 Å². The normalized spacial score (nSPS) is 23.4. The largest absolute Gasteiger partial charge is 0.394 e. The summed E-state index contributed by atoms with van der Waals surface area (Å²) in [5.41, 5.74) is 1.96. The van der Waals surface area contributed by atoms with Gasteiger partial charge in [-0.3, -0.25) is 4.79 Å². The average molecular weight is 247 g/mol. The second-order valence-corrected chi connectivity index (χ2v) is 5.06. The molecule has 2 unspecified atom stereocenters. The number of likely N-dealkylation sites (tertiary alicyclic amines) is 1. The third-order valence-corrected chi connectivity index (χ3v) is 3.94. The highest BCUT2D eigenvalue weighted by Gasteiger charge is 2.34. The number of hydrogen-bond donors (Lipinski definition) is 1. The number of rotatable bonds is 3. The molecule has 0 spiro atoms. The van der Waals surface area contributed by atoms with Crippen LogP contribution in [0.5, 0.6) is 0 Å². The molecule has 0 aromatic heterocycles. The Morgan fingerprint density at radius 2 is 2.06 bits per heavy atom. The number of aryl methyl sites for hydroxylation is 1. The minimum Gasteiger partial charge on any atom is -0.394 e. The van der Waals surface area contributed by atoms with Crippen LogP contribution in [0.25, 0.3) is 0 Å². The van der Waals surface area contributed by atoms with Crippen molar-refractivity contribution in [3.8, 4) is 0 Å². The lowest BCUT2D eigenvalue weighted by Gasteiger charge is -2.25. The van der Waals surface area contributed by atoms with Crippen molar-refractivity contribution in [2.24, 2.45) is 5.92 Å². The van der Waals surface area contributed by atoms with E-state index < -0.39 is 0 Å². The van der Waals surface area contributed by atoms with Crippen LogP contribution in [0, 0.1) is 5.92 Å². The number of nitrogens with zero attached hydrogens (tertiary/aromatic N) is 1. The summed E-state index contributed by atoms with van der Waals surface area (Å²) in [6.45, 7) is 5.00. The van der Waals surface area contributed by atoms with Crippen LogP contribution in [0.3, 0.4) is 0 Å². The van der Waals surface area contributed by atoms with Gasteiger partial charge >= 0.3 is 0 Å². The third kappa shape index (κ3) is 2.41. The van der Waals surface area contributed by atoms with Gasteiger partial charge in [0.25, 0.3) is 5.91 Å². The maximum Gasteiger partial charge on any atom is 0.254 e. The van der Waals surface area contributed by atoms with Crippen LogP contribution in [-0.4, -0.2) is 35.1 Å². The summed E-state index contributed by atoms with van der Waals surface area (Å²) in [6.07, 6.45) is 1.96. The van der Waals surface area contributed by atoms with Crippen molar-refractivity contribution >= 4 is 5.91 Å². The zero-order valence-electron chi connectivity index (χ0n) is 11.1. The molecule has 1 aliphatic heterocycles. The number of amides is 1. The van der Waals surface area contributed by atoms with Gasteiger partial charge in [-0.1, -0.05) is 26.0 Å². The first-order valence-corrected chi connectivity index (χ1v) is 6.68. The zero-order valence-corrected chi connectivity index (χ0v) is 11.1. The predicted molar refractivity (Wildman–Crippen MR) is 71.5 cm³/mol. The Bertz CT molecular complexity index is 413. The molecule has 1 N–H and O–H groups in total. The van der Waals surface area contributed by atoms with E-state index in [2.05, 4.69) is 13.8 Å². The molecule has 2 rings (SSSR count). The first-order chi connectivity index (χ1) is 8.67. The molecule has 1 fully saturated rings. The molecule has 1 heterocycles. The number of benzene rings is 1. The van der Waals surface area contributed by atoms with Crippen molar-refractivity contribution in [1.82, 2.24) is 4.90 Å². The van der Waals surface area contributed by atoms with E-state index in [9.17, 15) is 9.90 Å². The minimum absolute atomic E-state index is 0.0247.